The van der Waals surface area contributed by atoms with Gasteiger partial charge >= 0.3 is 0 Å². The van der Waals surface area contributed by atoms with Crippen molar-refractivity contribution in [2.75, 3.05) is 0 Å². The van der Waals surface area contributed by atoms with Gasteiger partial charge in [0, 0.05) is 22.6 Å². The molecule has 2 aromatic rings. The molecule has 1 aromatic carbocycles. The molecule has 0 aliphatic rings. The molecule has 2 rings (SSSR count). The van der Waals surface area contributed by atoms with Crippen LogP contribution in [0.2, 0.25) is 0 Å². The van der Waals surface area contributed by atoms with Crippen LogP contribution in [0.25, 0.3) is 5.69 Å². The van der Waals surface area contributed by atoms with Crippen LogP contribution in [0.5, 0.6) is 0 Å². The molecular weight excluding hydrogens is 238 g/mol. The summed E-state index contributed by atoms with van der Waals surface area (Å²) in [6.45, 7) is 4.09. The second kappa shape index (κ2) is 5.39. The van der Waals surface area contributed by atoms with Gasteiger partial charge in [0.05, 0.1) is 6.21 Å². The molecule has 5 nitrogen and oxygen atoms in total. The van der Waals surface area contributed by atoms with E-state index in [1.807, 2.05) is 31.2 Å². The van der Waals surface area contributed by atoms with Crippen LogP contribution in [0.3, 0.4) is 0 Å². The van der Waals surface area contributed by atoms with E-state index in [4.69, 9.17) is 11.5 Å². The molecule has 0 unspecified atom stereocenters. The van der Waals surface area contributed by atoms with E-state index in [1.54, 1.807) is 6.21 Å². The van der Waals surface area contributed by atoms with Crippen LogP contribution in [-0.4, -0.2) is 16.7 Å². The van der Waals surface area contributed by atoms with Crippen LogP contribution in [-0.2, 0) is 0 Å². The maximum Gasteiger partial charge on any atom is 0.211 e. The topological polar surface area (TPSA) is 81.7 Å². The van der Waals surface area contributed by atoms with Gasteiger partial charge in [0.15, 0.2) is 0 Å². The third-order valence-electron chi connectivity index (χ3n) is 2.85. The molecule has 0 saturated heterocycles. The number of nitrogens with two attached hydrogens (primary N) is 2. The van der Waals surface area contributed by atoms with Crippen molar-refractivity contribution in [3.05, 3.63) is 53.3 Å². The highest BCUT2D eigenvalue weighted by molar-refractivity contribution is 5.83. The van der Waals surface area contributed by atoms with Gasteiger partial charge in [-0.3, -0.25) is 0 Å². The Balaban J connectivity index is 2.41. The van der Waals surface area contributed by atoms with E-state index in [0.29, 0.717) is 0 Å². The molecule has 0 saturated carbocycles. The molecule has 0 aliphatic heterocycles. The number of nitrogens with zero attached hydrogens (tertiary/aromatic N) is 3. The lowest BCUT2D eigenvalue weighted by atomic mass is 10.2. The quantitative estimate of drug-likeness (QED) is 0.497. The van der Waals surface area contributed by atoms with Gasteiger partial charge in [-0.05, 0) is 32.0 Å². The van der Waals surface area contributed by atoms with E-state index in [2.05, 4.69) is 33.8 Å². The summed E-state index contributed by atoms with van der Waals surface area (Å²) in [7, 11) is 0. The van der Waals surface area contributed by atoms with Crippen LogP contribution >= 0.6 is 0 Å². The van der Waals surface area contributed by atoms with Crippen molar-refractivity contribution in [1.29, 1.82) is 0 Å². The summed E-state index contributed by atoms with van der Waals surface area (Å²) in [6.07, 6.45) is 1.65. The molecular formula is C14H17N5. The summed E-state index contributed by atoms with van der Waals surface area (Å²) < 4.78 is 2.16. The largest absolute Gasteiger partial charge is 0.369 e. The highest BCUT2D eigenvalue weighted by Gasteiger charge is 2.08. The standard InChI is InChI=1S/C14H17N5/c1-10-8-12(9-17-18-14(15)16)11(2)19(10)13-6-4-3-5-7-13/h3-9H,1-2H3,(H4,15,16,18). The van der Waals surface area contributed by atoms with Gasteiger partial charge in [-0.15, -0.1) is 5.10 Å². The summed E-state index contributed by atoms with van der Waals surface area (Å²) in [4.78, 5) is 0. The Labute approximate surface area is 112 Å². The smallest absolute Gasteiger partial charge is 0.211 e. The maximum atomic E-state index is 5.23. The van der Waals surface area contributed by atoms with Gasteiger partial charge in [-0.25, -0.2) is 0 Å². The van der Waals surface area contributed by atoms with Crippen molar-refractivity contribution >= 4 is 12.2 Å². The Bertz CT molecular complexity index is 619. The van der Waals surface area contributed by atoms with E-state index in [9.17, 15) is 0 Å². The molecule has 0 radical (unpaired) electrons. The van der Waals surface area contributed by atoms with Crippen LogP contribution in [0.15, 0.2) is 46.6 Å². The molecule has 1 heterocycles. The monoisotopic (exact) mass is 255 g/mol. The van der Waals surface area contributed by atoms with Gasteiger partial charge in [0.2, 0.25) is 5.96 Å². The van der Waals surface area contributed by atoms with Crippen LogP contribution in [0, 0.1) is 13.8 Å². The number of aryl methyl sites for hydroxylation is 1. The van der Waals surface area contributed by atoms with Gasteiger partial charge < -0.3 is 16.0 Å². The Morgan fingerprint density at radius 1 is 1.16 bits per heavy atom. The summed E-state index contributed by atoms with van der Waals surface area (Å²) in [6, 6.07) is 12.2. The SMILES string of the molecule is Cc1cc(C=NN=C(N)N)c(C)n1-c1ccccc1. The molecule has 0 fully saturated rings. The average molecular weight is 255 g/mol. The normalized spacial score (nSPS) is 10.8. The van der Waals surface area contributed by atoms with E-state index >= 15 is 0 Å². The average Bonchev–Trinajstić information content (AvgIpc) is 2.65. The highest BCUT2D eigenvalue weighted by Crippen LogP contribution is 2.19. The molecule has 5 heteroatoms. The zero-order valence-electron chi connectivity index (χ0n) is 11.0. The van der Waals surface area contributed by atoms with Crippen LogP contribution in [0.1, 0.15) is 17.0 Å². The summed E-state index contributed by atoms with van der Waals surface area (Å²) in [5, 5.41) is 7.45. The van der Waals surface area contributed by atoms with E-state index < -0.39 is 0 Å². The molecule has 4 N–H and O–H groups in total. The van der Waals surface area contributed by atoms with Crippen molar-refractivity contribution < 1.29 is 0 Å². The summed E-state index contributed by atoms with van der Waals surface area (Å²) in [5.41, 5.74) is 14.8. The van der Waals surface area contributed by atoms with E-state index in [1.165, 1.54) is 0 Å². The minimum atomic E-state index is -0.0480. The Morgan fingerprint density at radius 3 is 2.47 bits per heavy atom. The minimum Gasteiger partial charge on any atom is -0.369 e. The third kappa shape index (κ3) is 2.82. The van der Waals surface area contributed by atoms with Gasteiger partial charge in [0.1, 0.15) is 0 Å². The van der Waals surface area contributed by atoms with Crippen LogP contribution in [0.4, 0.5) is 0 Å². The highest BCUT2D eigenvalue weighted by atomic mass is 15.3. The molecule has 1 aromatic heterocycles. The second-order valence-electron chi connectivity index (χ2n) is 4.27. The molecule has 0 amide bonds. The van der Waals surface area contributed by atoms with Gasteiger partial charge in [-0.2, -0.15) is 5.10 Å². The zero-order valence-corrected chi connectivity index (χ0v) is 11.0. The first-order valence-corrected chi connectivity index (χ1v) is 5.96. The molecule has 0 atom stereocenters. The number of hydrogen-bond acceptors (Lipinski definition) is 2. The molecule has 0 bridgehead atoms. The van der Waals surface area contributed by atoms with Gasteiger partial charge in [0.25, 0.3) is 0 Å². The van der Waals surface area contributed by atoms with E-state index in [-0.39, 0.29) is 5.96 Å². The number of rotatable bonds is 3. The fraction of sp³-hybridized carbons (Fsp3) is 0.143. The Morgan fingerprint density at radius 2 is 1.84 bits per heavy atom. The molecule has 0 spiro atoms. The van der Waals surface area contributed by atoms with Crippen molar-refractivity contribution in [2.24, 2.45) is 21.7 Å². The maximum absolute atomic E-state index is 5.23. The number of aromatic nitrogens is 1. The lowest BCUT2D eigenvalue weighted by molar-refractivity contribution is 0.965. The first-order valence-electron chi connectivity index (χ1n) is 5.96. The first-order chi connectivity index (χ1) is 9.09. The lowest BCUT2D eigenvalue weighted by Crippen LogP contribution is -2.21. The Hall–Kier alpha value is -2.56. The first kappa shape index (κ1) is 12.9. The van der Waals surface area contributed by atoms with Crippen molar-refractivity contribution in [2.45, 2.75) is 13.8 Å². The van der Waals surface area contributed by atoms with Crippen LogP contribution < -0.4 is 11.5 Å². The summed E-state index contributed by atoms with van der Waals surface area (Å²) >= 11 is 0. The zero-order chi connectivity index (χ0) is 13.8. The minimum absolute atomic E-state index is 0.0480. The predicted molar refractivity (Wildman–Crippen MR) is 78.6 cm³/mol. The number of benzene rings is 1. The third-order valence-corrected chi connectivity index (χ3v) is 2.85. The summed E-state index contributed by atoms with van der Waals surface area (Å²) in [5.74, 6) is -0.0480. The fourth-order valence-electron chi connectivity index (χ4n) is 2.05. The lowest BCUT2D eigenvalue weighted by Gasteiger charge is -2.08. The van der Waals surface area contributed by atoms with Crippen molar-refractivity contribution in [3.8, 4) is 5.69 Å². The Kier molecular flexibility index (Phi) is 3.66. The predicted octanol–water partition coefficient (Wildman–Crippen LogP) is 1.70. The molecule has 0 aliphatic carbocycles. The van der Waals surface area contributed by atoms with Gasteiger partial charge in [-0.1, -0.05) is 18.2 Å². The fourth-order valence-corrected chi connectivity index (χ4v) is 2.05. The molecule has 98 valence electrons. The number of para-hydroxylation sites is 1. The van der Waals surface area contributed by atoms with Crippen molar-refractivity contribution in [3.63, 3.8) is 0 Å². The second-order valence-corrected chi connectivity index (χ2v) is 4.27. The number of guanidine groups is 1. The van der Waals surface area contributed by atoms with E-state index in [0.717, 1.165) is 22.6 Å². The van der Waals surface area contributed by atoms with Crippen molar-refractivity contribution in [1.82, 2.24) is 4.57 Å². The molecule has 19 heavy (non-hydrogen) atoms. The number of hydrogen-bond donors (Lipinski definition) is 2.